The molecule has 0 radical (unpaired) electrons. The van der Waals surface area contributed by atoms with E-state index < -0.39 is 0 Å². The first kappa shape index (κ1) is 20.3. The normalized spacial score (nSPS) is 13.5. The standard InChI is InChI=1S/C26H22O5/c1-4-17-5-7-18(8-6-17)16-30-21-9-11-22-24(15-21)31-25(26(22)27)14-19-13-20(28-2)10-12-23(19)29-3/h4-15H,1,16H2,2-3H3/b25-14-. The Morgan fingerprint density at radius 2 is 1.71 bits per heavy atom. The van der Waals surface area contributed by atoms with Crippen LogP contribution in [0, 0.1) is 0 Å². The lowest BCUT2D eigenvalue weighted by Crippen LogP contribution is -1.99. The molecule has 31 heavy (non-hydrogen) atoms. The van der Waals surface area contributed by atoms with Gasteiger partial charge in [-0.25, -0.2) is 0 Å². The molecule has 5 nitrogen and oxygen atoms in total. The third-order valence-corrected chi connectivity index (χ3v) is 4.99. The van der Waals surface area contributed by atoms with Gasteiger partial charge in [0.2, 0.25) is 5.78 Å². The highest BCUT2D eigenvalue weighted by atomic mass is 16.5. The maximum Gasteiger partial charge on any atom is 0.231 e. The van der Waals surface area contributed by atoms with Gasteiger partial charge in [-0.15, -0.1) is 0 Å². The van der Waals surface area contributed by atoms with Crippen LogP contribution in [0.15, 0.2) is 73.0 Å². The average molecular weight is 414 g/mol. The Labute approximate surface area is 181 Å². The zero-order valence-electron chi connectivity index (χ0n) is 17.4. The quantitative estimate of drug-likeness (QED) is 0.475. The van der Waals surface area contributed by atoms with Gasteiger partial charge >= 0.3 is 0 Å². The van der Waals surface area contributed by atoms with E-state index in [0.717, 1.165) is 11.1 Å². The molecule has 0 aliphatic carbocycles. The Kier molecular flexibility index (Phi) is 5.76. The number of Topliss-reactive ketones (excluding diaryl/α,β-unsaturated/α-hetero) is 1. The second-order valence-electron chi connectivity index (χ2n) is 6.94. The summed E-state index contributed by atoms with van der Waals surface area (Å²) in [5.74, 6) is 2.40. The fraction of sp³-hybridized carbons (Fsp3) is 0.115. The fourth-order valence-electron chi connectivity index (χ4n) is 3.27. The lowest BCUT2D eigenvalue weighted by Gasteiger charge is -2.08. The third kappa shape index (κ3) is 4.31. The molecule has 3 aromatic carbocycles. The molecule has 0 bridgehead atoms. The molecule has 0 aromatic heterocycles. The van der Waals surface area contributed by atoms with Gasteiger partial charge in [0, 0.05) is 11.6 Å². The van der Waals surface area contributed by atoms with Gasteiger partial charge in [-0.2, -0.15) is 0 Å². The van der Waals surface area contributed by atoms with Crippen LogP contribution >= 0.6 is 0 Å². The van der Waals surface area contributed by atoms with Crippen LogP contribution in [0.5, 0.6) is 23.0 Å². The minimum Gasteiger partial charge on any atom is -0.497 e. The van der Waals surface area contributed by atoms with E-state index in [2.05, 4.69) is 6.58 Å². The van der Waals surface area contributed by atoms with Gasteiger partial charge < -0.3 is 18.9 Å². The zero-order valence-corrected chi connectivity index (χ0v) is 17.4. The van der Waals surface area contributed by atoms with Gasteiger partial charge in [-0.1, -0.05) is 36.9 Å². The summed E-state index contributed by atoms with van der Waals surface area (Å²) in [6, 6.07) is 18.5. The summed E-state index contributed by atoms with van der Waals surface area (Å²) in [6.07, 6.45) is 3.46. The highest BCUT2D eigenvalue weighted by Crippen LogP contribution is 2.36. The number of ketones is 1. The first-order valence-corrected chi connectivity index (χ1v) is 9.76. The van der Waals surface area contributed by atoms with Crippen molar-refractivity contribution in [2.45, 2.75) is 6.61 Å². The molecule has 0 spiro atoms. The maximum atomic E-state index is 12.8. The number of hydrogen-bond donors (Lipinski definition) is 0. The number of benzene rings is 3. The van der Waals surface area contributed by atoms with Gasteiger partial charge in [0.05, 0.1) is 19.8 Å². The summed E-state index contributed by atoms with van der Waals surface area (Å²) in [7, 11) is 3.16. The number of carbonyl (C=O) groups excluding carboxylic acids is 1. The molecule has 156 valence electrons. The Morgan fingerprint density at radius 1 is 0.935 bits per heavy atom. The SMILES string of the molecule is C=Cc1ccc(COc2ccc3c(c2)O/C(=C\c2cc(OC)ccc2OC)C3=O)cc1. The molecule has 4 rings (SSSR count). The molecule has 5 heteroatoms. The van der Waals surface area contributed by atoms with Crippen molar-refractivity contribution in [3.8, 4) is 23.0 Å². The second-order valence-corrected chi connectivity index (χ2v) is 6.94. The van der Waals surface area contributed by atoms with E-state index in [4.69, 9.17) is 18.9 Å². The van der Waals surface area contributed by atoms with Crippen molar-refractivity contribution in [2.75, 3.05) is 14.2 Å². The molecular formula is C26H22O5. The number of carbonyl (C=O) groups is 1. The molecule has 1 aliphatic rings. The van der Waals surface area contributed by atoms with Crippen LogP contribution < -0.4 is 18.9 Å². The first-order chi connectivity index (χ1) is 15.1. The van der Waals surface area contributed by atoms with Crippen LogP contribution in [0.2, 0.25) is 0 Å². The van der Waals surface area contributed by atoms with Crippen molar-refractivity contribution >= 4 is 17.9 Å². The van der Waals surface area contributed by atoms with Gasteiger partial charge in [0.15, 0.2) is 5.76 Å². The van der Waals surface area contributed by atoms with E-state index in [9.17, 15) is 4.79 Å². The fourth-order valence-corrected chi connectivity index (χ4v) is 3.27. The molecule has 1 aliphatic heterocycles. The molecule has 3 aromatic rings. The zero-order chi connectivity index (χ0) is 21.8. The average Bonchev–Trinajstić information content (AvgIpc) is 3.12. The Balaban J connectivity index is 1.52. The smallest absolute Gasteiger partial charge is 0.231 e. The van der Waals surface area contributed by atoms with Crippen molar-refractivity contribution in [1.82, 2.24) is 0 Å². The summed E-state index contributed by atoms with van der Waals surface area (Å²) >= 11 is 0. The number of methoxy groups -OCH3 is 2. The van der Waals surface area contributed by atoms with Crippen LogP contribution in [-0.2, 0) is 6.61 Å². The van der Waals surface area contributed by atoms with Gasteiger partial charge in [0.25, 0.3) is 0 Å². The van der Waals surface area contributed by atoms with E-state index >= 15 is 0 Å². The third-order valence-electron chi connectivity index (χ3n) is 4.99. The van der Waals surface area contributed by atoms with Crippen LogP contribution in [0.1, 0.15) is 27.0 Å². The van der Waals surface area contributed by atoms with Gasteiger partial charge in [-0.05, 0) is 47.5 Å². The molecule has 0 amide bonds. The number of hydrogen-bond acceptors (Lipinski definition) is 5. The Hall–Kier alpha value is -3.99. The lowest BCUT2D eigenvalue weighted by atomic mass is 10.1. The van der Waals surface area contributed by atoms with E-state index in [0.29, 0.717) is 40.7 Å². The molecule has 0 N–H and O–H groups in total. The van der Waals surface area contributed by atoms with E-state index in [1.54, 1.807) is 62.8 Å². The predicted octanol–water partition coefficient (Wildman–Crippen LogP) is 5.54. The predicted molar refractivity (Wildman–Crippen MR) is 120 cm³/mol. The van der Waals surface area contributed by atoms with Gasteiger partial charge in [-0.3, -0.25) is 4.79 Å². The minimum atomic E-state index is -0.188. The second kappa shape index (κ2) is 8.79. The summed E-state index contributed by atoms with van der Waals surface area (Å²) in [4.78, 5) is 12.8. The van der Waals surface area contributed by atoms with E-state index in [-0.39, 0.29) is 11.5 Å². The minimum absolute atomic E-state index is 0.188. The van der Waals surface area contributed by atoms with Crippen molar-refractivity contribution in [1.29, 1.82) is 0 Å². The topological polar surface area (TPSA) is 54.0 Å². The Bertz CT molecular complexity index is 1160. The highest BCUT2D eigenvalue weighted by Gasteiger charge is 2.28. The number of allylic oxidation sites excluding steroid dienone is 1. The van der Waals surface area contributed by atoms with Crippen molar-refractivity contribution < 1.29 is 23.7 Å². The van der Waals surface area contributed by atoms with Crippen molar-refractivity contribution in [3.05, 3.63) is 95.3 Å². The van der Waals surface area contributed by atoms with Crippen LogP contribution in [0.4, 0.5) is 0 Å². The lowest BCUT2D eigenvalue weighted by molar-refractivity contribution is 0.101. The molecule has 0 fully saturated rings. The van der Waals surface area contributed by atoms with E-state index in [1.807, 2.05) is 24.3 Å². The number of ether oxygens (including phenoxy) is 4. The largest absolute Gasteiger partial charge is 0.497 e. The summed E-state index contributed by atoms with van der Waals surface area (Å²) in [6.45, 7) is 4.16. The van der Waals surface area contributed by atoms with Crippen LogP contribution in [0.25, 0.3) is 12.2 Å². The number of fused-ring (bicyclic) bond motifs is 1. The summed E-state index contributed by atoms with van der Waals surface area (Å²) in [5, 5.41) is 0. The molecule has 1 heterocycles. The summed E-state index contributed by atoms with van der Waals surface area (Å²) < 4.78 is 22.4. The van der Waals surface area contributed by atoms with Crippen LogP contribution in [-0.4, -0.2) is 20.0 Å². The number of rotatable bonds is 7. The van der Waals surface area contributed by atoms with Crippen molar-refractivity contribution in [3.63, 3.8) is 0 Å². The molecule has 0 saturated heterocycles. The molecule has 0 unspecified atom stereocenters. The van der Waals surface area contributed by atoms with Crippen LogP contribution in [0.3, 0.4) is 0 Å². The first-order valence-electron chi connectivity index (χ1n) is 9.76. The maximum absolute atomic E-state index is 12.8. The van der Waals surface area contributed by atoms with Gasteiger partial charge in [0.1, 0.15) is 29.6 Å². The summed E-state index contributed by atoms with van der Waals surface area (Å²) in [5.41, 5.74) is 3.28. The molecular weight excluding hydrogens is 392 g/mol. The monoisotopic (exact) mass is 414 g/mol. The van der Waals surface area contributed by atoms with Crippen molar-refractivity contribution in [2.24, 2.45) is 0 Å². The highest BCUT2D eigenvalue weighted by molar-refractivity contribution is 6.14. The molecule has 0 saturated carbocycles. The van der Waals surface area contributed by atoms with E-state index in [1.165, 1.54) is 0 Å². The molecule has 0 atom stereocenters. The Morgan fingerprint density at radius 3 is 2.42 bits per heavy atom.